The number of furan rings is 1. The number of benzene rings is 2. The summed E-state index contributed by atoms with van der Waals surface area (Å²) in [6.45, 7) is 2.65. The second-order valence-corrected chi connectivity index (χ2v) is 8.15. The monoisotopic (exact) mass is 549 g/mol. The number of nitrogens with zero attached hydrogens (tertiary/aromatic N) is 1. The first-order valence-electron chi connectivity index (χ1n) is 9.43. The normalized spacial score (nSPS) is 14.5. The van der Waals surface area contributed by atoms with Crippen LogP contribution in [0, 0.1) is 3.57 Å². The first-order valence-corrected chi connectivity index (χ1v) is 10.9. The van der Waals surface area contributed by atoms with Gasteiger partial charge in [-0.3, -0.25) is 0 Å². The highest BCUT2D eigenvalue weighted by atomic mass is 127. The van der Waals surface area contributed by atoms with Crippen LogP contribution in [0.25, 0.3) is 6.08 Å². The number of carbonyl (C=O) groups excluding carboxylic acids is 1. The molecule has 0 saturated heterocycles. The summed E-state index contributed by atoms with van der Waals surface area (Å²) in [7, 11) is 0. The lowest BCUT2D eigenvalue weighted by Crippen LogP contribution is -2.04. The minimum atomic E-state index is -0.570. The Morgan fingerprint density at radius 2 is 2.03 bits per heavy atom. The largest absolute Gasteiger partial charge is 0.490 e. The molecule has 0 atom stereocenters. The summed E-state index contributed by atoms with van der Waals surface area (Å²) in [5.41, 5.74) is 1.79. The molecule has 1 aromatic heterocycles. The maximum Gasteiger partial charge on any atom is 0.363 e. The molecule has 0 saturated carbocycles. The summed E-state index contributed by atoms with van der Waals surface area (Å²) < 4.78 is 23.2. The van der Waals surface area contributed by atoms with E-state index in [2.05, 4.69) is 27.6 Å². The van der Waals surface area contributed by atoms with Crippen LogP contribution in [0.3, 0.4) is 0 Å². The van der Waals surface area contributed by atoms with Crippen LogP contribution in [0.2, 0.25) is 5.02 Å². The molecule has 2 aromatic carbocycles. The zero-order valence-corrected chi connectivity index (χ0v) is 19.3. The van der Waals surface area contributed by atoms with Crippen molar-refractivity contribution in [3.8, 4) is 11.5 Å². The van der Waals surface area contributed by atoms with Crippen molar-refractivity contribution in [2.45, 2.75) is 13.5 Å². The zero-order chi connectivity index (χ0) is 21.8. The van der Waals surface area contributed by atoms with E-state index >= 15 is 0 Å². The molecular formula is C23H17ClINO5. The average Bonchev–Trinajstić information content (AvgIpc) is 3.38. The van der Waals surface area contributed by atoms with Gasteiger partial charge in [0.05, 0.1) is 17.9 Å². The van der Waals surface area contributed by atoms with E-state index in [1.165, 1.54) is 6.26 Å². The fraction of sp³-hybridized carbons (Fsp3) is 0.130. The highest BCUT2D eigenvalue weighted by Gasteiger charge is 2.26. The molecule has 0 spiro atoms. The number of rotatable bonds is 7. The van der Waals surface area contributed by atoms with Crippen LogP contribution in [-0.4, -0.2) is 18.5 Å². The van der Waals surface area contributed by atoms with Gasteiger partial charge in [0.25, 0.3) is 5.90 Å². The molecule has 0 fully saturated rings. The van der Waals surface area contributed by atoms with Gasteiger partial charge in [-0.25, -0.2) is 9.79 Å². The number of esters is 1. The molecular weight excluding hydrogens is 533 g/mol. The number of ether oxygens (including phenoxy) is 3. The second-order valence-electron chi connectivity index (χ2n) is 6.49. The Morgan fingerprint density at radius 3 is 2.77 bits per heavy atom. The number of carbonyl (C=O) groups is 1. The van der Waals surface area contributed by atoms with Crippen LogP contribution < -0.4 is 9.47 Å². The molecule has 2 heterocycles. The number of halogens is 2. The van der Waals surface area contributed by atoms with Gasteiger partial charge in [-0.1, -0.05) is 23.7 Å². The number of hydrogen-bond donors (Lipinski definition) is 0. The highest BCUT2D eigenvalue weighted by molar-refractivity contribution is 14.1. The Labute approximate surface area is 197 Å². The Bertz CT molecular complexity index is 1170. The molecule has 158 valence electrons. The van der Waals surface area contributed by atoms with E-state index in [0.29, 0.717) is 41.1 Å². The van der Waals surface area contributed by atoms with Crippen molar-refractivity contribution in [2.75, 3.05) is 6.61 Å². The SMILES string of the molecule is CCOc1cc(/C=C2\N=C(c3ccco3)OC2=O)cc(Cl)c1OCc1cccc(I)c1. The van der Waals surface area contributed by atoms with Gasteiger partial charge < -0.3 is 18.6 Å². The molecule has 1 aliphatic heterocycles. The lowest BCUT2D eigenvalue weighted by Gasteiger charge is -2.15. The van der Waals surface area contributed by atoms with Crippen molar-refractivity contribution in [3.05, 3.63) is 86.0 Å². The standard InChI is InChI=1S/C23H17ClINO5/c1-2-28-20-12-15(11-18-23(27)31-22(26-18)19-7-4-8-29-19)10-17(24)21(20)30-13-14-5-3-6-16(25)9-14/h3-12H,2,13H2,1H3/b18-11-. The third-order valence-corrected chi connectivity index (χ3v) is 5.21. The van der Waals surface area contributed by atoms with Gasteiger partial charge in [0.15, 0.2) is 23.0 Å². The smallest absolute Gasteiger partial charge is 0.363 e. The van der Waals surface area contributed by atoms with Crippen molar-refractivity contribution in [1.29, 1.82) is 0 Å². The topological polar surface area (TPSA) is 70.3 Å². The summed E-state index contributed by atoms with van der Waals surface area (Å²) in [4.78, 5) is 16.4. The third-order valence-electron chi connectivity index (χ3n) is 4.26. The van der Waals surface area contributed by atoms with Gasteiger partial charge in [0.1, 0.15) is 6.61 Å². The van der Waals surface area contributed by atoms with Crippen LogP contribution in [0.1, 0.15) is 23.8 Å². The first kappa shape index (κ1) is 21.5. The fourth-order valence-electron chi connectivity index (χ4n) is 2.93. The summed E-state index contributed by atoms with van der Waals surface area (Å²) in [5, 5.41) is 0.366. The molecule has 0 N–H and O–H groups in total. The molecule has 1 aliphatic rings. The van der Waals surface area contributed by atoms with Crippen LogP contribution in [0.4, 0.5) is 0 Å². The molecule has 3 aromatic rings. The van der Waals surface area contributed by atoms with Gasteiger partial charge in [0.2, 0.25) is 0 Å². The predicted octanol–water partition coefficient (Wildman–Crippen LogP) is 5.86. The lowest BCUT2D eigenvalue weighted by atomic mass is 10.1. The molecule has 0 aliphatic carbocycles. The summed E-state index contributed by atoms with van der Waals surface area (Å²) in [6.07, 6.45) is 3.06. The summed E-state index contributed by atoms with van der Waals surface area (Å²) >= 11 is 8.75. The molecule has 0 radical (unpaired) electrons. The van der Waals surface area contributed by atoms with Crippen LogP contribution >= 0.6 is 34.2 Å². The third kappa shape index (κ3) is 5.11. The van der Waals surface area contributed by atoms with Crippen molar-refractivity contribution in [2.24, 2.45) is 4.99 Å². The van der Waals surface area contributed by atoms with Crippen molar-refractivity contribution in [1.82, 2.24) is 0 Å². The number of aliphatic imine (C=N–C) groups is 1. The summed E-state index contributed by atoms with van der Waals surface area (Å²) in [5.74, 6) is 0.853. The maximum atomic E-state index is 12.2. The minimum absolute atomic E-state index is 0.120. The maximum absolute atomic E-state index is 12.2. The molecule has 31 heavy (non-hydrogen) atoms. The van der Waals surface area contributed by atoms with Crippen molar-refractivity contribution in [3.63, 3.8) is 0 Å². The van der Waals surface area contributed by atoms with E-state index in [9.17, 15) is 4.79 Å². The van der Waals surface area contributed by atoms with Crippen LogP contribution in [-0.2, 0) is 16.1 Å². The van der Waals surface area contributed by atoms with Gasteiger partial charge >= 0.3 is 5.97 Å². The molecule has 8 heteroatoms. The Kier molecular flexibility index (Phi) is 6.62. The van der Waals surface area contributed by atoms with Gasteiger partial charge in [0, 0.05) is 3.57 Å². The van der Waals surface area contributed by atoms with Crippen LogP contribution in [0.15, 0.2) is 69.9 Å². The molecule has 0 unspecified atom stereocenters. The lowest BCUT2D eigenvalue weighted by molar-refractivity contribution is -0.130. The predicted molar refractivity (Wildman–Crippen MR) is 125 cm³/mol. The van der Waals surface area contributed by atoms with Crippen molar-refractivity contribution >= 4 is 52.1 Å². The van der Waals surface area contributed by atoms with Crippen LogP contribution in [0.5, 0.6) is 11.5 Å². The minimum Gasteiger partial charge on any atom is -0.490 e. The van der Waals surface area contributed by atoms with Gasteiger partial charge in [-0.2, -0.15) is 0 Å². The fourth-order valence-corrected chi connectivity index (χ4v) is 3.81. The Balaban J connectivity index is 1.61. The Morgan fingerprint density at radius 1 is 1.16 bits per heavy atom. The Hall–Kier alpha value is -2.78. The molecule has 4 rings (SSSR count). The van der Waals surface area contributed by atoms with E-state index in [0.717, 1.165) is 9.13 Å². The molecule has 0 amide bonds. The van der Waals surface area contributed by atoms with E-state index in [1.807, 2.05) is 31.2 Å². The van der Waals surface area contributed by atoms with Gasteiger partial charge in [-0.05, 0) is 83.1 Å². The van der Waals surface area contributed by atoms with E-state index < -0.39 is 5.97 Å². The number of cyclic esters (lactones) is 1. The first-order chi connectivity index (χ1) is 15.0. The van der Waals surface area contributed by atoms with Crippen molar-refractivity contribution < 1.29 is 23.4 Å². The summed E-state index contributed by atoms with van der Waals surface area (Å²) in [6, 6.07) is 14.8. The zero-order valence-electron chi connectivity index (χ0n) is 16.4. The van der Waals surface area contributed by atoms with Gasteiger partial charge in [-0.15, -0.1) is 0 Å². The number of hydrogen-bond acceptors (Lipinski definition) is 6. The van der Waals surface area contributed by atoms with E-state index in [4.69, 9.17) is 30.2 Å². The second kappa shape index (κ2) is 9.57. The molecule has 6 nitrogen and oxygen atoms in total. The van der Waals surface area contributed by atoms with E-state index in [-0.39, 0.29) is 11.6 Å². The molecule has 0 bridgehead atoms. The highest BCUT2D eigenvalue weighted by Crippen LogP contribution is 2.38. The van der Waals surface area contributed by atoms with E-state index in [1.54, 1.807) is 30.3 Å². The average molecular weight is 550 g/mol. The quantitative estimate of drug-likeness (QED) is 0.210.